The Morgan fingerprint density at radius 1 is 0.375 bits per heavy atom. The summed E-state index contributed by atoms with van der Waals surface area (Å²) < 4.78 is 0. The molecule has 27 heteroatoms. The van der Waals surface area contributed by atoms with E-state index in [1.54, 1.807) is 0 Å². The second kappa shape index (κ2) is 12.9. The maximum absolute atomic E-state index is 12.3. The van der Waals surface area contributed by atoms with Gasteiger partial charge >= 0.3 is 0 Å². The van der Waals surface area contributed by atoms with E-state index >= 15 is 0 Å². The Balaban J connectivity index is 2.54. The highest BCUT2D eigenvalue weighted by atomic mass is 16.7. The Morgan fingerprint density at radius 3 is 1.02 bits per heavy atom. The minimum absolute atomic E-state index is 0.0870. The molecule has 0 radical (unpaired) electrons. The van der Waals surface area contributed by atoms with Gasteiger partial charge in [-0.3, -0.25) is 91.0 Å². The Hall–Kier alpha value is -8.00. The van der Waals surface area contributed by atoms with Crippen molar-refractivity contribution in [3.8, 4) is 0 Å². The molecule has 0 aliphatic rings. The second-order valence-corrected chi connectivity index (χ2v) is 8.84. The van der Waals surface area contributed by atoms with Crippen LogP contribution in [-0.4, -0.2) is 44.3 Å². The molecule has 0 unspecified atom stereocenters. The lowest BCUT2D eigenvalue weighted by Crippen LogP contribution is -2.09. The largest absolute Gasteiger partial charge is 0.293 e. The van der Waals surface area contributed by atoms with Gasteiger partial charge < -0.3 is 0 Å². The number of hydrogen-bond acceptors (Lipinski definition) is 18. The fourth-order valence-electron chi connectivity index (χ4n) is 4.33. The van der Waals surface area contributed by atoms with Crippen LogP contribution in [-0.2, 0) is 6.42 Å². The Kier molecular flexibility index (Phi) is 9.29. The third kappa shape index (κ3) is 6.57. The number of nitrogens with zero attached hydrogens (tertiary/aromatic N) is 9. The molecule has 0 heterocycles. The van der Waals surface area contributed by atoms with Crippen LogP contribution in [0.3, 0.4) is 0 Å². The van der Waals surface area contributed by atoms with Gasteiger partial charge in [0, 0.05) is 6.42 Å². The minimum atomic E-state index is -1.64. The van der Waals surface area contributed by atoms with E-state index in [0.717, 1.165) is 0 Å². The van der Waals surface area contributed by atoms with Gasteiger partial charge in [0.25, 0.3) is 51.2 Å². The Morgan fingerprint density at radius 2 is 0.688 bits per heavy atom. The van der Waals surface area contributed by atoms with Crippen LogP contribution < -0.4 is 0 Å². The summed E-state index contributed by atoms with van der Waals surface area (Å²) in [4.78, 5) is 93.0. The van der Waals surface area contributed by atoms with Crippen molar-refractivity contribution in [2.75, 3.05) is 0 Å². The molecule has 27 nitrogen and oxygen atoms in total. The first-order chi connectivity index (χ1) is 22.3. The van der Waals surface area contributed by atoms with Crippen molar-refractivity contribution in [3.63, 3.8) is 0 Å². The molecule has 0 atom stereocenters. The van der Waals surface area contributed by atoms with Crippen molar-refractivity contribution in [2.24, 2.45) is 0 Å². The van der Waals surface area contributed by atoms with E-state index in [-0.39, 0.29) is 36.4 Å². The van der Waals surface area contributed by atoms with Crippen LogP contribution in [0.5, 0.6) is 0 Å². The first-order valence-corrected chi connectivity index (χ1v) is 11.8. The van der Waals surface area contributed by atoms with Crippen LogP contribution in [0.15, 0.2) is 30.3 Å². The quantitative estimate of drug-likeness (QED) is 0.135. The van der Waals surface area contributed by atoms with Crippen molar-refractivity contribution >= 4 is 63.3 Å². The smallest absolute Gasteiger partial charge is 0.258 e. The van der Waals surface area contributed by atoms with Gasteiger partial charge in [-0.05, 0) is 12.2 Å². The highest BCUT2D eigenvalue weighted by molar-refractivity contribution is 5.87. The summed E-state index contributed by atoms with van der Waals surface area (Å²) in [6.07, 6.45) is -0.904. The molecule has 0 spiro atoms. The number of hydrogen-bond donors (Lipinski definition) is 0. The van der Waals surface area contributed by atoms with Crippen LogP contribution in [0.1, 0.15) is 22.3 Å². The monoisotopic (exact) mass is 675 g/mol. The van der Waals surface area contributed by atoms with E-state index in [1.807, 2.05) is 0 Å². The maximum atomic E-state index is 12.3. The summed E-state index contributed by atoms with van der Waals surface area (Å²) in [6, 6.07) is 1.01. The lowest BCUT2D eigenvalue weighted by atomic mass is 9.94. The second-order valence-electron chi connectivity index (χ2n) is 8.84. The molecule has 0 saturated heterocycles. The van der Waals surface area contributed by atoms with E-state index in [0.29, 0.717) is 6.08 Å². The molecular formula is C21H9N9O18. The zero-order valence-electron chi connectivity index (χ0n) is 22.6. The lowest BCUT2D eigenvalue weighted by Gasteiger charge is -2.09. The zero-order valence-corrected chi connectivity index (χ0v) is 22.6. The van der Waals surface area contributed by atoms with Crippen molar-refractivity contribution < 1.29 is 44.3 Å². The van der Waals surface area contributed by atoms with Gasteiger partial charge in [-0.1, -0.05) is 0 Å². The average Bonchev–Trinajstić information content (AvgIpc) is 2.98. The first-order valence-electron chi connectivity index (χ1n) is 11.8. The number of nitro benzene ring substituents is 9. The summed E-state index contributed by atoms with van der Waals surface area (Å²) in [5.74, 6) is 0. The van der Waals surface area contributed by atoms with E-state index in [2.05, 4.69) is 0 Å². The van der Waals surface area contributed by atoms with Gasteiger partial charge in [0.1, 0.15) is 22.3 Å². The Labute approximate surface area is 258 Å². The number of nitro groups is 9. The normalized spacial score (nSPS) is 10.8. The van der Waals surface area contributed by atoms with Gasteiger partial charge in [0.15, 0.2) is 0 Å². The molecular weight excluding hydrogens is 666 g/mol. The van der Waals surface area contributed by atoms with Crippen LogP contribution in [0.2, 0.25) is 0 Å². The predicted octanol–water partition coefficient (Wildman–Crippen LogP) is 4.62. The molecule has 0 aliphatic heterocycles. The van der Waals surface area contributed by atoms with Gasteiger partial charge in [0.05, 0.1) is 74.6 Å². The molecule has 0 saturated carbocycles. The topological polar surface area (TPSA) is 388 Å². The molecule has 0 fully saturated rings. The van der Waals surface area contributed by atoms with Crippen LogP contribution in [0.25, 0.3) is 12.2 Å². The zero-order chi connectivity index (χ0) is 36.4. The number of benzene rings is 3. The summed E-state index contributed by atoms with van der Waals surface area (Å²) in [5.41, 5.74) is -17.3. The van der Waals surface area contributed by atoms with E-state index in [1.165, 1.54) is 0 Å². The van der Waals surface area contributed by atoms with Crippen molar-refractivity contribution in [1.29, 1.82) is 0 Å². The van der Waals surface area contributed by atoms with Crippen molar-refractivity contribution in [2.45, 2.75) is 6.42 Å². The standard InChI is InChI=1S/C21H9N9O18/c31-22(32)9-3-15(24(35)36)11(16(4-9)25(37)38)1-2-12-19(28(43)44)8-20(29(45)46)14(21(12)30(47)48)7-13-17(26(39)40)5-10(23(33)34)6-18(13)27(41)42/h1-6,8H,7H2/b2-1+. The molecule has 3 rings (SSSR count). The summed E-state index contributed by atoms with van der Waals surface area (Å²) >= 11 is 0. The molecule has 3 aromatic carbocycles. The van der Waals surface area contributed by atoms with Gasteiger partial charge in [-0.15, -0.1) is 0 Å². The third-order valence-electron chi connectivity index (χ3n) is 6.26. The summed E-state index contributed by atoms with van der Waals surface area (Å²) in [7, 11) is 0. The molecule has 48 heavy (non-hydrogen) atoms. The average molecular weight is 675 g/mol. The van der Waals surface area contributed by atoms with Gasteiger partial charge in [0.2, 0.25) is 0 Å². The number of non-ortho nitro benzene ring substituents is 2. The fraction of sp³-hybridized carbons (Fsp3) is 0.0476. The van der Waals surface area contributed by atoms with Crippen molar-refractivity contribution in [1.82, 2.24) is 0 Å². The molecule has 0 N–H and O–H groups in total. The van der Waals surface area contributed by atoms with Gasteiger partial charge in [-0.25, -0.2) is 0 Å². The molecule has 0 aliphatic carbocycles. The third-order valence-corrected chi connectivity index (χ3v) is 6.26. The number of rotatable bonds is 13. The molecule has 0 amide bonds. The maximum Gasteiger partial charge on any atom is 0.293 e. The first kappa shape index (κ1) is 34.5. The van der Waals surface area contributed by atoms with Crippen molar-refractivity contribution in [3.05, 3.63) is 144 Å². The van der Waals surface area contributed by atoms with E-state index < -0.39 is 124 Å². The van der Waals surface area contributed by atoms with Gasteiger partial charge in [-0.2, -0.15) is 0 Å². The van der Waals surface area contributed by atoms with E-state index in [9.17, 15) is 91.0 Å². The predicted molar refractivity (Wildman–Crippen MR) is 151 cm³/mol. The highest BCUT2D eigenvalue weighted by Crippen LogP contribution is 2.45. The SMILES string of the molecule is O=[N+]([O-])c1cc([N+](=O)[O-])c(/C=C/c2c([N+](=O)[O-])cc([N+](=O)[O-])c(Cc3c([N+](=O)[O-])cc([N+](=O)[O-])cc3[N+](=O)[O-])c2[N+](=O)[O-])c([N+](=O)[O-])c1. The van der Waals surface area contributed by atoms with E-state index in [4.69, 9.17) is 0 Å². The fourth-order valence-corrected chi connectivity index (χ4v) is 4.33. The minimum Gasteiger partial charge on any atom is -0.258 e. The molecule has 0 aromatic heterocycles. The van der Waals surface area contributed by atoms with Crippen LogP contribution >= 0.6 is 0 Å². The van der Waals surface area contributed by atoms with Crippen LogP contribution in [0.4, 0.5) is 51.2 Å². The highest BCUT2D eigenvalue weighted by Gasteiger charge is 2.40. The Bertz CT molecular complexity index is 2000. The summed E-state index contributed by atoms with van der Waals surface area (Å²) in [5, 5.41) is 105. The lowest BCUT2D eigenvalue weighted by molar-refractivity contribution is -0.405. The molecule has 3 aromatic rings. The van der Waals surface area contributed by atoms with Crippen LogP contribution in [0, 0.1) is 91.0 Å². The molecule has 246 valence electrons. The summed E-state index contributed by atoms with van der Waals surface area (Å²) in [6.45, 7) is 0. The molecule has 0 bridgehead atoms.